The Hall–Kier alpha value is -1.81. The molecule has 2 aromatic rings. The van der Waals surface area contributed by atoms with E-state index in [1.165, 1.54) is 81.5 Å². The first kappa shape index (κ1) is 36.4. The van der Waals surface area contributed by atoms with Crippen LogP contribution >= 0.6 is 27.5 Å². The zero-order valence-electron chi connectivity index (χ0n) is 25.1. The zero-order valence-corrected chi connectivity index (χ0v) is 27.4. The van der Waals surface area contributed by atoms with E-state index in [0.717, 1.165) is 25.8 Å². The number of aromatic nitrogens is 2. The van der Waals surface area contributed by atoms with Crippen molar-refractivity contribution >= 4 is 50.2 Å². The number of nitrogens with one attached hydrogen (secondary N) is 1. The van der Waals surface area contributed by atoms with Crippen molar-refractivity contribution in [2.24, 2.45) is 0 Å². The summed E-state index contributed by atoms with van der Waals surface area (Å²) in [5.41, 5.74) is 0.212. The normalized spacial score (nSPS) is 16.7. The molecule has 0 spiro atoms. The summed E-state index contributed by atoms with van der Waals surface area (Å²) in [6.07, 6.45) is 19.9. The highest BCUT2D eigenvalue weighted by molar-refractivity contribution is 9.10. The maximum Gasteiger partial charge on any atom is 0.303 e. The molecular weight excluding hydrogens is 622 g/mol. The number of benzene rings is 1. The van der Waals surface area contributed by atoms with Crippen LogP contribution in [0, 0.1) is 0 Å². The average Bonchev–Trinajstić information content (AvgIpc) is 2.95. The van der Waals surface area contributed by atoms with Gasteiger partial charge in [-0.3, -0.25) is 19.0 Å². The van der Waals surface area contributed by atoms with E-state index in [4.69, 9.17) is 16.7 Å². The van der Waals surface area contributed by atoms with Crippen LogP contribution in [0.2, 0.25) is 5.02 Å². The van der Waals surface area contributed by atoms with Crippen LogP contribution in [0.5, 0.6) is 0 Å². The predicted molar refractivity (Wildman–Crippen MR) is 173 cm³/mol. The molecule has 0 radical (unpaired) electrons. The number of aliphatic carboxylic acids is 1. The van der Waals surface area contributed by atoms with Crippen LogP contribution in [0.1, 0.15) is 116 Å². The van der Waals surface area contributed by atoms with E-state index in [1.807, 2.05) is 0 Å². The summed E-state index contributed by atoms with van der Waals surface area (Å²) in [7, 11) is 0. The first-order valence-electron chi connectivity index (χ1n) is 15.7. The molecule has 236 valence electrons. The van der Waals surface area contributed by atoms with Gasteiger partial charge in [0.25, 0.3) is 5.56 Å². The Balaban J connectivity index is 0.000000309. The monoisotopic (exact) mass is 669 g/mol. The van der Waals surface area contributed by atoms with Crippen molar-refractivity contribution in [1.82, 2.24) is 14.9 Å². The molecule has 0 amide bonds. The fourth-order valence-electron chi connectivity index (χ4n) is 5.20. The highest BCUT2D eigenvalue weighted by Crippen LogP contribution is 2.25. The number of aliphatic hydroxyl groups excluding tert-OH is 1. The molecule has 3 N–H and O–H groups in total. The molecule has 0 aliphatic carbocycles. The van der Waals surface area contributed by atoms with Crippen LogP contribution in [0.25, 0.3) is 10.9 Å². The third kappa shape index (κ3) is 14.1. The average molecular weight is 671 g/mol. The minimum atomic E-state index is -0.655. The van der Waals surface area contributed by atoms with Crippen LogP contribution in [0.3, 0.4) is 0 Å². The standard InChI is InChI=1S/C16H17BrClN3O3.C16H32O2/c17-11-6-13-10(5-12(11)18)16(24)21(8-20-13)7-9(22)4-14-15(23)2-1-3-19-14;1-2-3-4-5-6-7-8-9-10-11-12-13-14-15-16(17)18/h5-6,8,14-15,19,23H,1-4,7H2;2-15H2,1H3,(H,17,18)/t14-,15+;/m1./s1. The number of fused-ring (bicyclic) bond motifs is 1. The van der Waals surface area contributed by atoms with Gasteiger partial charge in [-0.05, 0) is 53.9 Å². The lowest BCUT2D eigenvalue weighted by atomic mass is 9.97. The van der Waals surface area contributed by atoms with Gasteiger partial charge in [0.15, 0.2) is 5.78 Å². The maximum absolute atomic E-state index is 12.5. The molecule has 1 saturated heterocycles. The number of halogens is 2. The number of carboxylic acid groups (broad SMARTS) is 1. The van der Waals surface area contributed by atoms with E-state index < -0.39 is 12.1 Å². The third-order valence-electron chi connectivity index (χ3n) is 7.70. The number of carbonyl (C=O) groups is 2. The van der Waals surface area contributed by atoms with Crippen LogP contribution in [0.15, 0.2) is 27.7 Å². The number of carboxylic acids is 1. The summed E-state index contributed by atoms with van der Waals surface area (Å²) in [5.74, 6) is -0.780. The van der Waals surface area contributed by atoms with Crippen molar-refractivity contribution in [1.29, 1.82) is 0 Å². The van der Waals surface area contributed by atoms with Gasteiger partial charge in [-0.15, -0.1) is 0 Å². The highest BCUT2D eigenvalue weighted by Gasteiger charge is 2.25. The number of hydrogen-bond donors (Lipinski definition) is 3. The molecule has 1 fully saturated rings. The molecule has 3 rings (SSSR count). The minimum Gasteiger partial charge on any atom is -0.481 e. The van der Waals surface area contributed by atoms with E-state index in [-0.39, 0.29) is 30.3 Å². The second-order valence-electron chi connectivity index (χ2n) is 11.4. The lowest BCUT2D eigenvalue weighted by molar-refractivity contribution is -0.137. The molecule has 0 saturated carbocycles. The Morgan fingerprint density at radius 2 is 1.62 bits per heavy atom. The number of carbonyl (C=O) groups excluding carboxylic acids is 1. The summed E-state index contributed by atoms with van der Waals surface area (Å²) < 4.78 is 1.94. The largest absolute Gasteiger partial charge is 0.481 e. The number of nitrogens with zero attached hydrogens (tertiary/aromatic N) is 2. The number of rotatable bonds is 18. The van der Waals surface area contributed by atoms with E-state index >= 15 is 0 Å². The molecule has 1 aliphatic heterocycles. The predicted octanol–water partition coefficient (Wildman–Crippen LogP) is 7.44. The molecule has 8 nitrogen and oxygen atoms in total. The van der Waals surface area contributed by atoms with Gasteiger partial charge in [0.1, 0.15) is 0 Å². The van der Waals surface area contributed by atoms with Crippen molar-refractivity contribution in [3.63, 3.8) is 0 Å². The molecule has 0 bridgehead atoms. The van der Waals surface area contributed by atoms with Crippen LogP contribution in [0.4, 0.5) is 0 Å². The number of hydrogen-bond acceptors (Lipinski definition) is 6. The molecule has 2 atom stereocenters. The van der Waals surface area contributed by atoms with Gasteiger partial charge in [-0.1, -0.05) is 95.6 Å². The first-order valence-corrected chi connectivity index (χ1v) is 16.9. The summed E-state index contributed by atoms with van der Waals surface area (Å²) in [5, 5.41) is 22.3. The fraction of sp³-hybridized carbons (Fsp3) is 0.688. The lowest BCUT2D eigenvalue weighted by Crippen LogP contribution is -2.46. The van der Waals surface area contributed by atoms with Crippen LogP contribution in [-0.2, 0) is 16.1 Å². The van der Waals surface area contributed by atoms with Gasteiger partial charge in [0, 0.05) is 23.4 Å². The second-order valence-corrected chi connectivity index (χ2v) is 12.6. The topological polar surface area (TPSA) is 122 Å². The summed E-state index contributed by atoms with van der Waals surface area (Å²) in [6.45, 7) is 2.98. The molecule has 42 heavy (non-hydrogen) atoms. The first-order chi connectivity index (χ1) is 20.2. The second kappa shape index (κ2) is 21.0. The summed E-state index contributed by atoms with van der Waals surface area (Å²) in [4.78, 5) is 39.3. The Kier molecular flexibility index (Phi) is 18.2. The van der Waals surface area contributed by atoms with Crippen molar-refractivity contribution in [2.45, 2.75) is 135 Å². The Morgan fingerprint density at radius 1 is 1.02 bits per heavy atom. The molecular formula is C32H49BrClN3O5. The van der Waals surface area contributed by atoms with E-state index in [1.54, 1.807) is 12.1 Å². The lowest BCUT2D eigenvalue weighted by Gasteiger charge is -2.28. The smallest absolute Gasteiger partial charge is 0.303 e. The van der Waals surface area contributed by atoms with Crippen molar-refractivity contribution < 1.29 is 19.8 Å². The molecule has 1 aromatic carbocycles. The SMILES string of the molecule is CCCCCCCCCCCCCCCC(=O)O.O=C(C[C@H]1NCCC[C@@H]1O)Cn1cnc2cc(Br)c(Cl)cc2c1=O. The maximum atomic E-state index is 12.5. The van der Waals surface area contributed by atoms with Gasteiger partial charge in [0.2, 0.25) is 0 Å². The fourth-order valence-corrected chi connectivity index (χ4v) is 5.70. The number of ketones is 1. The van der Waals surface area contributed by atoms with E-state index in [2.05, 4.69) is 33.2 Å². The van der Waals surface area contributed by atoms with E-state index in [9.17, 15) is 19.5 Å². The molecule has 0 unspecified atom stereocenters. The number of unbranched alkanes of at least 4 members (excludes halogenated alkanes) is 12. The van der Waals surface area contributed by atoms with Crippen LogP contribution < -0.4 is 10.9 Å². The van der Waals surface area contributed by atoms with Gasteiger partial charge in [-0.25, -0.2) is 4.98 Å². The van der Waals surface area contributed by atoms with Crippen molar-refractivity contribution in [3.8, 4) is 0 Å². The number of aliphatic hydroxyl groups is 1. The van der Waals surface area contributed by atoms with E-state index in [0.29, 0.717) is 33.2 Å². The van der Waals surface area contributed by atoms with Gasteiger partial charge < -0.3 is 15.5 Å². The van der Waals surface area contributed by atoms with Gasteiger partial charge in [0.05, 0.1) is 34.9 Å². The molecule has 1 aliphatic rings. The minimum absolute atomic E-state index is 0.0691. The quantitative estimate of drug-likeness (QED) is 0.141. The Labute approximate surface area is 263 Å². The van der Waals surface area contributed by atoms with Crippen molar-refractivity contribution in [3.05, 3.63) is 38.3 Å². The summed E-state index contributed by atoms with van der Waals surface area (Å²) in [6, 6.07) is 2.97. The van der Waals surface area contributed by atoms with Crippen LogP contribution in [-0.4, -0.2) is 50.2 Å². The summed E-state index contributed by atoms with van der Waals surface area (Å²) >= 11 is 9.33. The van der Waals surface area contributed by atoms with Gasteiger partial charge in [-0.2, -0.15) is 0 Å². The molecule has 2 heterocycles. The number of piperidine rings is 1. The molecule has 10 heteroatoms. The Morgan fingerprint density at radius 3 is 2.19 bits per heavy atom. The third-order valence-corrected chi connectivity index (χ3v) is 8.90. The molecule has 1 aromatic heterocycles. The number of Topliss-reactive ketones (excluding diaryl/α,β-unsaturated/α-hetero) is 1. The van der Waals surface area contributed by atoms with Crippen molar-refractivity contribution in [2.75, 3.05) is 6.54 Å². The zero-order chi connectivity index (χ0) is 30.7. The van der Waals surface area contributed by atoms with Gasteiger partial charge >= 0.3 is 5.97 Å². The Bertz CT molecular complexity index is 1160. The highest BCUT2D eigenvalue weighted by atomic mass is 79.9.